The number of hydrogen-bond acceptors (Lipinski definition) is 12. The summed E-state index contributed by atoms with van der Waals surface area (Å²) in [6.45, 7) is -0.893. The zero-order valence-corrected chi connectivity index (χ0v) is 28.5. The van der Waals surface area contributed by atoms with Crippen LogP contribution in [0, 0.1) is 0 Å². The van der Waals surface area contributed by atoms with Gasteiger partial charge < -0.3 is 33.5 Å². The minimum atomic E-state index is -1.87. The van der Waals surface area contributed by atoms with Crippen molar-refractivity contribution in [2.45, 2.75) is 36.8 Å². The Hall–Kier alpha value is -6.63. The highest BCUT2D eigenvalue weighted by molar-refractivity contribution is 5.92. The fraction of sp³-hybridized carbons (Fsp3) is 0.167. The molecule has 274 valence electrons. The molecule has 0 amide bonds. The number of rotatable bonds is 12. The van der Waals surface area contributed by atoms with E-state index in [1.165, 1.54) is 60.7 Å². The summed E-state index contributed by atoms with van der Waals surface area (Å²) in [6.07, 6.45) is -10.5. The van der Waals surface area contributed by atoms with Gasteiger partial charge in [0.2, 0.25) is 12.4 Å². The number of aliphatic hydroxyl groups is 1. The maximum absolute atomic E-state index is 13.8. The molecule has 6 atom stereocenters. The van der Waals surface area contributed by atoms with Crippen LogP contribution in [0.4, 0.5) is 0 Å². The van der Waals surface area contributed by atoms with E-state index in [0.717, 1.165) is 0 Å². The van der Waals surface area contributed by atoms with Gasteiger partial charge in [-0.15, -0.1) is 0 Å². The highest BCUT2D eigenvalue weighted by atomic mass is 16.7. The van der Waals surface area contributed by atoms with Gasteiger partial charge in [0.15, 0.2) is 18.3 Å². The minimum absolute atomic E-state index is 0.0776. The Kier molecular flexibility index (Phi) is 12.2. The van der Waals surface area contributed by atoms with Crippen molar-refractivity contribution in [3.05, 3.63) is 179 Å². The first kappa shape index (κ1) is 37.1. The van der Waals surface area contributed by atoms with Crippen LogP contribution < -0.4 is 0 Å². The Morgan fingerprint density at radius 2 is 0.759 bits per heavy atom. The Morgan fingerprint density at radius 1 is 0.444 bits per heavy atom. The maximum Gasteiger partial charge on any atom is 0.340 e. The topological polar surface area (TPSA) is 161 Å². The molecular weight excluding hydrogens is 696 g/mol. The number of carbonyl (C=O) groups is 5. The average Bonchev–Trinajstić information content (AvgIpc) is 3.23. The third-order valence-corrected chi connectivity index (χ3v) is 8.34. The summed E-state index contributed by atoms with van der Waals surface area (Å²) >= 11 is 0. The van der Waals surface area contributed by atoms with E-state index in [9.17, 15) is 29.1 Å². The highest BCUT2D eigenvalue weighted by Gasteiger charge is 2.57. The van der Waals surface area contributed by atoms with Gasteiger partial charge in [0, 0.05) is 0 Å². The number of benzene rings is 5. The summed E-state index contributed by atoms with van der Waals surface area (Å²) in [6, 6.07) is 39.2. The Morgan fingerprint density at radius 3 is 1.13 bits per heavy atom. The lowest BCUT2D eigenvalue weighted by Gasteiger charge is -2.45. The second-order valence-electron chi connectivity index (χ2n) is 11.9. The summed E-state index contributed by atoms with van der Waals surface area (Å²) in [7, 11) is 0. The van der Waals surface area contributed by atoms with Gasteiger partial charge in [0.1, 0.15) is 6.10 Å². The standard InChI is InChI=1S/C42H34O12/c43-26-32(49-37(44)27-16-6-1-7-17-27)33-34(50-38(45)28-18-8-2-9-19-28)35(51-39(46)29-20-10-3-11-21-29)36(52-40(47)30-22-12-4-13-23-30)42(53-33)54-41(48)31-24-14-5-15-25-31/h1-25,32-36,42-43H,26H2/t32-,33-,34-,35+,36+,42-/m1/s1. The van der Waals surface area contributed by atoms with Gasteiger partial charge >= 0.3 is 29.8 Å². The van der Waals surface area contributed by atoms with Gasteiger partial charge in [-0.3, -0.25) is 0 Å². The first-order valence-corrected chi connectivity index (χ1v) is 16.9. The Balaban J connectivity index is 1.46. The van der Waals surface area contributed by atoms with Gasteiger partial charge in [-0.1, -0.05) is 91.0 Å². The van der Waals surface area contributed by atoms with Crippen LogP contribution >= 0.6 is 0 Å². The summed E-state index contributed by atoms with van der Waals surface area (Å²) in [4.78, 5) is 68.1. The van der Waals surface area contributed by atoms with E-state index < -0.39 is 73.3 Å². The number of aliphatic hydroxyl groups excluding tert-OH is 1. The molecule has 6 rings (SSSR count). The second kappa shape index (κ2) is 17.7. The molecule has 0 saturated carbocycles. The van der Waals surface area contributed by atoms with E-state index in [2.05, 4.69) is 0 Å². The normalized spacial score (nSPS) is 19.7. The molecule has 1 heterocycles. The Bertz CT molecular complexity index is 2030. The second-order valence-corrected chi connectivity index (χ2v) is 11.9. The van der Waals surface area contributed by atoms with Crippen molar-refractivity contribution in [1.29, 1.82) is 0 Å². The molecule has 12 heteroatoms. The molecule has 1 aliphatic heterocycles. The van der Waals surface area contributed by atoms with Gasteiger partial charge in [-0.05, 0) is 60.7 Å². The number of hydrogen-bond donors (Lipinski definition) is 1. The zero-order chi connectivity index (χ0) is 37.9. The van der Waals surface area contributed by atoms with E-state index in [-0.39, 0.29) is 27.8 Å². The molecule has 12 nitrogen and oxygen atoms in total. The van der Waals surface area contributed by atoms with Crippen LogP contribution in [0.15, 0.2) is 152 Å². The first-order chi connectivity index (χ1) is 26.3. The molecule has 1 saturated heterocycles. The number of ether oxygens (including phenoxy) is 6. The van der Waals surface area contributed by atoms with E-state index in [0.29, 0.717) is 0 Å². The largest absolute Gasteiger partial charge is 0.453 e. The fourth-order valence-corrected chi connectivity index (χ4v) is 5.66. The van der Waals surface area contributed by atoms with Crippen LogP contribution in [-0.4, -0.2) is 78.4 Å². The molecule has 0 radical (unpaired) electrons. The first-order valence-electron chi connectivity index (χ1n) is 16.9. The maximum atomic E-state index is 13.8. The molecule has 0 unspecified atom stereocenters. The van der Waals surface area contributed by atoms with Crippen molar-refractivity contribution in [3.8, 4) is 0 Å². The monoisotopic (exact) mass is 730 g/mol. The third kappa shape index (κ3) is 9.05. The molecule has 0 aliphatic carbocycles. The lowest BCUT2D eigenvalue weighted by atomic mass is 9.94. The zero-order valence-electron chi connectivity index (χ0n) is 28.5. The van der Waals surface area contributed by atoms with Crippen LogP contribution in [0.1, 0.15) is 51.8 Å². The molecule has 0 bridgehead atoms. The van der Waals surface area contributed by atoms with Crippen molar-refractivity contribution in [1.82, 2.24) is 0 Å². The highest BCUT2D eigenvalue weighted by Crippen LogP contribution is 2.34. The smallest absolute Gasteiger partial charge is 0.340 e. The SMILES string of the molecule is O=C(O[C@H]1O[C@H]([C@@H](CO)OC(=O)c2ccccc2)[C@@H](OC(=O)c2ccccc2)[C@H](OC(=O)c2ccccc2)[C@@H]1OC(=O)c1ccccc1)c1ccccc1. The molecule has 5 aromatic carbocycles. The molecule has 54 heavy (non-hydrogen) atoms. The summed E-state index contributed by atoms with van der Waals surface area (Å²) < 4.78 is 35.7. The van der Waals surface area contributed by atoms with E-state index in [1.54, 1.807) is 91.0 Å². The quantitative estimate of drug-likeness (QED) is 0.128. The minimum Gasteiger partial charge on any atom is -0.453 e. The van der Waals surface area contributed by atoms with Gasteiger partial charge in [-0.25, -0.2) is 24.0 Å². The van der Waals surface area contributed by atoms with Crippen molar-refractivity contribution in [3.63, 3.8) is 0 Å². The molecule has 1 N–H and O–H groups in total. The molecule has 0 spiro atoms. The van der Waals surface area contributed by atoms with Gasteiger partial charge in [0.25, 0.3) is 0 Å². The van der Waals surface area contributed by atoms with Crippen molar-refractivity contribution >= 4 is 29.8 Å². The molecule has 1 aliphatic rings. The lowest BCUT2D eigenvalue weighted by Crippen LogP contribution is -2.65. The van der Waals surface area contributed by atoms with Crippen molar-refractivity contribution in [2.75, 3.05) is 6.61 Å². The van der Waals surface area contributed by atoms with E-state index in [1.807, 2.05) is 0 Å². The Labute approximate surface area is 309 Å². The molecule has 5 aromatic rings. The van der Waals surface area contributed by atoms with Crippen LogP contribution in [0.25, 0.3) is 0 Å². The van der Waals surface area contributed by atoms with Crippen LogP contribution in [-0.2, 0) is 28.4 Å². The summed E-state index contributed by atoms with van der Waals surface area (Å²) in [5.41, 5.74) is 0.466. The van der Waals surface area contributed by atoms with Crippen molar-refractivity contribution in [2.24, 2.45) is 0 Å². The molecule has 0 aromatic heterocycles. The number of carbonyl (C=O) groups excluding carboxylic acids is 5. The van der Waals surface area contributed by atoms with E-state index >= 15 is 0 Å². The van der Waals surface area contributed by atoms with Crippen molar-refractivity contribution < 1.29 is 57.5 Å². The van der Waals surface area contributed by atoms with Gasteiger partial charge in [0.05, 0.1) is 34.4 Å². The third-order valence-electron chi connectivity index (χ3n) is 8.34. The predicted octanol–water partition coefficient (Wildman–Crippen LogP) is 5.46. The fourth-order valence-electron chi connectivity index (χ4n) is 5.66. The van der Waals surface area contributed by atoms with E-state index in [4.69, 9.17) is 28.4 Å². The molecule has 1 fully saturated rings. The van der Waals surface area contributed by atoms with Gasteiger partial charge in [-0.2, -0.15) is 0 Å². The van der Waals surface area contributed by atoms with Crippen LogP contribution in [0.2, 0.25) is 0 Å². The van der Waals surface area contributed by atoms with Crippen LogP contribution in [0.3, 0.4) is 0 Å². The average molecular weight is 731 g/mol. The molecular formula is C42H34O12. The summed E-state index contributed by atoms with van der Waals surface area (Å²) in [5.74, 6) is -4.58. The summed E-state index contributed by atoms with van der Waals surface area (Å²) in [5, 5.41) is 10.7. The van der Waals surface area contributed by atoms with Crippen LogP contribution in [0.5, 0.6) is 0 Å². The number of esters is 5. The lowest BCUT2D eigenvalue weighted by molar-refractivity contribution is -0.294. The predicted molar refractivity (Wildman–Crippen MR) is 190 cm³/mol.